The summed E-state index contributed by atoms with van der Waals surface area (Å²) in [5, 5.41) is 18.4. The second-order valence-corrected chi connectivity index (χ2v) is 12.4. The van der Waals surface area contributed by atoms with Crippen molar-refractivity contribution >= 4 is 40.8 Å². The predicted octanol–water partition coefficient (Wildman–Crippen LogP) is 5.21. The van der Waals surface area contributed by atoms with Gasteiger partial charge in [0, 0.05) is 69.4 Å². The highest BCUT2D eigenvalue weighted by Crippen LogP contribution is 2.37. The molecule has 0 unspecified atom stereocenters. The minimum absolute atomic E-state index is 0.00393. The quantitative estimate of drug-likeness (QED) is 0.159. The molecule has 13 nitrogen and oxygen atoms in total. The largest absolute Gasteiger partial charge is 0.493 e. The van der Waals surface area contributed by atoms with E-state index in [9.17, 15) is 24.3 Å². The van der Waals surface area contributed by atoms with E-state index in [0.717, 1.165) is 42.6 Å². The number of anilines is 3. The molecule has 1 saturated heterocycles. The molecule has 0 bridgehead atoms. The van der Waals surface area contributed by atoms with Gasteiger partial charge in [0.25, 0.3) is 11.8 Å². The van der Waals surface area contributed by atoms with Crippen LogP contribution in [-0.2, 0) is 18.9 Å². The highest BCUT2D eigenvalue weighted by molar-refractivity contribution is 6.05. The van der Waals surface area contributed by atoms with Crippen LogP contribution < -0.4 is 25.4 Å². The number of aryl methyl sites for hydroxylation is 2. The van der Waals surface area contributed by atoms with Crippen molar-refractivity contribution in [2.24, 2.45) is 14.1 Å². The van der Waals surface area contributed by atoms with Gasteiger partial charge in [-0.25, -0.2) is 4.79 Å². The first-order valence-corrected chi connectivity index (χ1v) is 16.3. The average Bonchev–Trinajstić information content (AvgIpc) is 3.63. The fraction of sp³-hybridized carbons (Fsp3) is 0.333. The minimum Gasteiger partial charge on any atom is -0.493 e. The SMILES string of the molecule is COc1cc2c(cc1OCCCC(=O)Nc1cc(C(=O)Nc3ccc(-c4cc(C(=O)O)n(C)c4)cc3)n(C)c1)NC[C@@H]1CCCCN1C2=O. The minimum atomic E-state index is -1.00. The van der Waals surface area contributed by atoms with Crippen molar-refractivity contribution in [2.45, 2.75) is 38.1 Å². The van der Waals surface area contributed by atoms with Gasteiger partial charge in [0.15, 0.2) is 11.5 Å². The number of carboxylic acid groups (broad SMARTS) is 1. The Morgan fingerprint density at radius 3 is 2.43 bits per heavy atom. The highest BCUT2D eigenvalue weighted by atomic mass is 16.5. The Kier molecular flexibility index (Phi) is 9.61. The second-order valence-electron chi connectivity index (χ2n) is 12.4. The molecule has 256 valence electrons. The van der Waals surface area contributed by atoms with Crippen molar-refractivity contribution in [1.29, 1.82) is 0 Å². The lowest BCUT2D eigenvalue weighted by Crippen LogP contribution is -2.45. The topological polar surface area (TPSA) is 156 Å². The zero-order valence-electron chi connectivity index (χ0n) is 27.7. The highest BCUT2D eigenvalue weighted by Gasteiger charge is 2.32. The monoisotopic (exact) mass is 668 g/mol. The van der Waals surface area contributed by atoms with E-state index in [4.69, 9.17) is 9.47 Å². The van der Waals surface area contributed by atoms with Crippen molar-refractivity contribution < 1.29 is 33.8 Å². The van der Waals surface area contributed by atoms with E-state index in [2.05, 4.69) is 16.0 Å². The summed E-state index contributed by atoms with van der Waals surface area (Å²) >= 11 is 0. The smallest absolute Gasteiger partial charge is 0.352 e. The van der Waals surface area contributed by atoms with Gasteiger partial charge < -0.3 is 44.6 Å². The summed E-state index contributed by atoms with van der Waals surface area (Å²) in [6.45, 7) is 1.71. The van der Waals surface area contributed by atoms with Gasteiger partial charge in [-0.3, -0.25) is 14.4 Å². The maximum absolute atomic E-state index is 13.3. The first-order chi connectivity index (χ1) is 23.6. The molecule has 2 aromatic heterocycles. The number of benzene rings is 2. The van der Waals surface area contributed by atoms with E-state index >= 15 is 0 Å². The Morgan fingerprint density at radius 2 is 1.69 bits per heavy atom. The second kappa shape index (κ2) is 14.2. The summed E-state index contributed by atoms with van der Waals surface area (Å²) in [6.07, 6.45) is 7.15. The summed E-state index contributed by atoms with van der Waals surface area (Å²) in [4.78, 5) is 52.4. The van der Waals surface area contributed by atoms with Crippen LogP contribution in [0.25, 0.3) is 11.1 Å². The lowest BCUT2D eigenvalue weighted by atomic mass is 10.0. The van der Waals surface area contributed by atoms with Crippen LogP contribution in [0.2, 0.25) is 0 Å². The standard InChI is InChI=1S/C36H40N6O7/c1-40-20-23(15-30(40)36(46)47)22-9-11-24(12-10-22)39-34(44)29-16-25(21-41(29)2)38-33(43)8-6-14-49-32-18-28-27(17-31(32)48-3)35(45)42-13-5-4-7-26(42)19-37-28/h9-12,15-18,20-21,26,37H,4-8,13-14,19H2,1-3H3,(H,38,43)(H,39,44)(H,46,47)/t26-/m0/s1. The summed E-state index contributed by atoms with van der Waals surface area (Å²) in [6, 6.07) is 14.0. The molecule has 4 aromatic rings. The number of fused-ring (bicyclic) bond motifs is 2. The van der Waals surface area contributed by atoms with Crippen molar-refractivity contribution in [3.63, 3.8) is 0 Å². The fourth-order valence-corrected chi connectivity index (χ4v) is 6.39. The van der Waals surface area contributed by atoms with Crippen LogP contribution >= 0.6 is 0 Å². The van der Waals surface area contributed by atoms with Crippen LogP contribution in [0.15, 0.2) is 60.9 Å². The lowest BCUT2D eigenvalue weighted by Gasteiger charge is -2.34. The molecule has 13 heteroatoms. The number of amides is 3. The van der Waals surface area contributed by atoms with Crippen LogP contribution in [0.1, 0.15) is 63.4 Å². The van der Waals surface area contributed by atoms with E-state index in [1.807, 2.05) is 4.90 Å². The van der Waals surface area contributed by atoms with Crippen LogP contribution in [-0.4, -0.2) is 75.7 Å². The molecule has 0 spiro atoms. The van der Waals surface area contributed by atoms with Crippen LogP contribution in [0.5, 0.6) is 11.5 Å². The van der Waals surface area contributed by atoms with Gasteiger partial charge in [0.05, 0.1) is 30.7 Å². The molecule has 0 aliphatic carbocycles. The van der Waals surface area contributed by atoms with Gasteiger partial charge in [-0.15, -0.1) is 0 Å². The number of methoxy groups -OCH3 is 1. The molecule has 2 aliphatic rings. The van der Waals surface area contributed by atoms with Crippen molar-refractivity contribution in [2.75, 3.05) is 42.8 Å². The Labute approximate surface area is 283 Å². The summed E-state index contributed by atoms with van der Waals surface area (Å²) < 4.78 is 14.7. The van der Waals surface area contributed by atoms with E-state index in [1.54, 1.807) is 84.2 Å². The number of carbonyl (C=O) groups is 4. The Morgan fingerprint density at radius 1 is 0.918 bits per heavy atom. The Hall–Kier alpha value is -5.72. The van der Waals surface area contributed by atoms with Crippen molar-refractivity contribution in [3.05, 3.63) is 77.9 Å². The third-order valence-corrected chi connectivity index (χ3v) is 8.98. The number of piperidine rings is 1. The first kappa shape index (κ1) is 33.2. The van der Waals surface area contributed by atoms with Gasteiger partial charge in [0.2, 0.25) is 5.91 Å². The first-order valence-electron chi connectivity index (χ1n) is 16.3. The predicted molar refractivity (Wildman–Crippen MR) is 185 cm³/mol. The van der Waals surface area contributed by atoms with E-state index < -0.39 is 5.97 Å². The molecule has 4 N–H and O–H groups in total. The molecule has 3 amide bonds. The molecule has 0 radical (unpaired) electrons. The number of aromatic nitrogens is 2. The molecule has 1 fully saturated rings. The number of carboxylic acids is 1. The van der Waals surface area contributed by atoms with E-state index in [-0.39, 0.29) is 42.5 Å². The van der Waals surface area contributed by atoms with Crippen LogP contribution in [0.4, 0.5) is 17.1 Å². The van der Waals surface area contributed by atoms with Gasteiger partial charge in [-0.05, 0) is 61.6 Å². The van der Waals surface area contributed by atoms with E-state index in [1.165, 1.54) is 7.11 Å². The maximum Gasteiger partial charge on any atom is 0.352 e. The summed E-state index contributed by atoms with van der Waals surface area (Å²) in [5.41, 5.74) is 4.46. The number of nitrogens with one attached hydrogen (secondary N) is 3. The number of rotatable bonds is 11. The molecule has 0 saturated carbocycles. The molecule has 2 aliphatic heterocycles. The van der Waals surface area contributed by atoms with Crippen molar-refractivity contribution in [3.8, 4) is 22.6 Å². The number of carbonyl (C=O) groups excluding carboxylic acids is 3. The molecular weight excluding hydrogens is 628 g/mol. The van der Waals surface area contributed by atoms with Gasteiger partial charge in [0.1, 0.15) is 11.4 Å². The van der Waals surface area contributed by atoms with Crippen LogP contribution in [0, 0.1) is 0 Å². The van der Waals surface area contributed by atoms with E-state index in [0.29, 0.717) is 47.1 Å². The fourth-order valence-electron chi connectivity index (χ4n) is 6.39. The zero-order chi connectivity index (χ0) is 34.7. The van der Waals surface area contributed by atoms with Crippen molar-refractivity contribution in [1.82, 2.24) is 14.0 Å². The average molecular weight is 669 g/mol. The molecule has 49 heavy (non-hydrogen) atoms. The number of aromatic carboxylic acids is 1. The molecule has 2 aromatic carbocycles. The maximum atomic E-state index is 13.3. The van der Waals surface area contributed by atoms with Crippen LogP contribution in [0.3, 0.4) is 0 Å². The summed E-state index contributed by atoms with van der Waals surface area (Å²) in [5.74, 6) is -0.603. The molecule has 4 heterocycles. The Bertz CT molecular complexity index is 1890. The summed E-state index contributed by atoms with van der Waals surface area (Å²) in [7, 11) is 4.93. The van der Waals surface area contributed by atoms with Gasteiger partial charge >= 0.3 is 5.97 Å². The third-order valence-electron chi connectivity index (χ3n) is 8.98. The number of hydrogen-bond donors (Lipinski definition) is 4. The third kappa shape index (κ3) is 7.25. The number of ether oxygens (including phenoxy) is 2. The molecule has 6 rings (SSSR count). The van der Waals surface area contributed by atoms with Gasteiger partial charge in [-0.2, -0.15) is 0 Å². The molecular formula is C36H40N6O7. The normalized spacial score (nSPS) is 15.4. The lowest BCUT2D eigenvalue weighted by molar-refractivity contribution is -0.116. The number of nitrogens with zero attached hydrogens (tertiary/aromatic N) is 3. The molecule has 1 atom stereocenters. The zero-order valence-corrected chi connectivity index (χ0v) is 27.7. The van der Waals surface area contributed by atoms with Gasteiger partial charge in [-0.1, -0.05) is 12.1 Å². The number of hydrogen-bond acceptors (Lipinski definition) is 7. The Balaban J connectivity index is 0.999.